The predicted octanol–water partition coefficient (Wildman–Crippen LogP) is -5.46. The van der Waals surface area contributed by atoms with Crippen molar-refractivity contribution in [3.63, 3.8) is 0 Å². The number of hydrogen-bond donors (Lipinski definition) is 6. The van der Waals surface area contributed by atoms with E-state index >= 15 is 0 Å². The van der Waals surface area contributed by atoms with Crippen LogP contribution in [0.15, 0.2) is 142 Å². The van der Waals surface area contributed by atoms with Gasteiger partial charge in [0, 0.05) is 46.3 Å². The molecule has 0 amide bonds. The van der Waals surface area contributed by atoms with Gasteiger partial charge in [-0.25, -0.2) is 4.68 Å². The number of H-pyrrole nitrogens is 1. The molecule has 0 unspecified atom stereocenters. The molecule has 5 aromatic carbocycles. The number of nitro groups is 1. The Balaban J connectivity index is 0.00000122. The van der Waals surface area contributed by atoms with Crippen LogP contribution in [0.5, 0.6) is 17.2 Å². The average molecular weight is 1070 g/mol. The van der Waals surface area contributed by atoms with Crippen LogP contribution in [-0.2, 0) is 47.7 Å². The summed E-state index contributed by atoms with van der Waals surface area (Å²) in [5.41, 5.74) is -1.11. The molecule has 1 heterocycles. The number of aliphatic imine (C=N–C) groups is 1. The van der Waals surface area contributed by atoms with Gasteiger partial charge in [-0.3, -0.25) is 38.7 Å². The Kier molecular flexibility index (Phi) is 26.0. The average Bonchev–Trinajstić information content (AvgIpc) is 3.48. The van der Waals surface area contributed by atoms with Crippen molar-refractivity contribution < 1.29 is 195 Å². The number of nitrogens with zero attached hydrogens (tertiary/aromatic N) is 7. The standard InChI is InChI=1S/C19H14ClN3O8S2.C16H13N5O7S.Cr.4Na/c20-12-8-16(19(25)18(9-12)33(29,30)31)21-10-11-7-14(3-6-17(11)24)23-22-13-1-4-15(5-2-13)32(26,27)28;1-9-14(16(23)20(19-9)10-5-3-2-4-6-10)18-17-12-7-11(21(24)25)8-13(15(12)22)29(26,27)28;;;;;/h1-10,24-25H,(H,26,27,28)(H,29,30,31);2-8,19,22H,1H3,(H,26,27,28);;;;;/q;;;4*+1/p-1. The van der Waals surface area contributed by atoms with Crippen molar-refractivity contribution in [2.24, 2.45) is 25.4 Å². The Bertz CT molecular complexity index is 3240. The van der Waals surface area contributed by atoms with Gasteiger partial charge in [0.2, 0.25) is 0 Å². The molecule has 6 N–H and O–H groups in total. The van der Waals surface area contributed by atoms with Gasteiger partial charge in [0.25, 0.3) is 41.6 Å². The second kappa shape index (κ2) is 27.1. The van der Waals surface area contributed by atoms with E-state index in [4.69, 9.17) is 20.7 Å². The molecule has 0 aliphatic carbocycles. The van der Waals surface area contributed by atoms with Crippen LogP contribution < -0.4 is 129 Å². The van der Waals surface area contributed by atoms with Crippen molar-refractivity contribution in [1.29, 1.82) is 0 Å². The maximum Gasteiger partial charge on any atom is 1.00 e. The summed E-state index contributed by atoms with van der Waals surface area (Å²) in [6.45, 7) is 1.52. The Hall–Kier alpha value is -2.67. The van der Waals surface area contributed by atoms with Gasteiger partial charge in [-0.05, 0) is 73.7 Å². The molecule has 0 aliphatic rings. The zero-order chi connectivity index (χ0) is 45.7. The Morgan fingerprint density at radius 2 is 1.28 bits per heavy atom. The number of hydrogen-bond acceptors (Lipinski definition) is 17. The fourth-order valence-electron chi connectivity index (χ4n) is 4.97. The SMILES string of the molecule is Cc1[nH]n(-c2ccccc2)c(=O)c1N=Nc1cc([N+](=O)[O-])cc(S(=O)(=O)O)c1[O-].O=S(=O)(O)c1ccc(N=Nc2ccc(O)c(C=Nc3cc(Cl)cc(S(=O)(=O)O)c3O)c2)cc1.[Cr].[Na+].[Na+].[Na+].[Na+]. The summed E-state index contributed by atoms with van der Waals surface area (Å²) in [7, 11) is -14.1. The molecular weight excluding hydrogens is 1050 g/mol. The first-order valence-electron chi connectivity index (χ1n) is 16.6. The van der Waals surface area contributed by atoms with E-state index in [9.17, 15) is 60.0 Å². The zero-order valence-electron chi connectivity index (χ0n) is 35.3. The Morgan fingerprint density at radius 1 is 0.716 bits per heavy atom. The van der Waals surface area contributed by atoms with Gasteiger partial charge in [0.15, 0.2) is 11.4 Å². The summed E-state index contributed by atoms with van der Waals surface area (Å²) >= 11 is 5.82. The van der Waals surface area contributed by atoms with E-state index in [2.05, 4.69) is 30.5 Å². The van der Waals surface area contributed by atoms with Crippen LogP contribution in [-0.4, -0.2) is 70.0 Å². The summed E-state index contributed by atoms with van der Waals surface area (Å²) in [6.07, 6.45) is 1.11. The van der Waals surface area contributed by atoms with Crippen LogP contribution in [0.4, 0.5) is 34.1 Å². The molecule has 6 aromatic rings. The molecular formula is C35H26ClCrN8Na4O15S3+3. The number of aryl methyl sites for hydroxylation is 1. The number of azo groups is 2. The zero-order valence-corrected chi connectivity index (χ0v) is 47.8. The second-order valence-electron chi connectivity index (χ2n) is 12.2. The van der Waals surface area contributed by atoms with Gasteiger partial charge in [-0.15, -0.1) is 5.11 Å². The number of nitro benzene ring substituents is 1. The number of phenols is 2. The molecule has 23 nitrogen and oxygen atoms in total. The number of para-hydroxylation sites is 1. The van der Waals surface area contributed by atoms with E-state index in [0.717, 1.165) is 30.5 Å². The van der Waals surface area contributed by atoms with Gasteiger partial charge in [0.05, 0.1) is 43.2 Å². The molecule has 0 saturated carbocycles. The summed E-state index contributed by atoms with van der Waals surface area (Å²) in [5.74, 6) is -2.34. The number of non-ortho nitro benzene ring substituents is 1. The first kappa shape index (κ1) is 64.3. The minimum absolute atomic E-state index is 0. The van der Waals surface area contributed by atoms with E-state index < -0.39 is 73.5 Å². The number of halogens is 1. The molecule has 0 atom stereocenters. The number of aromatic hydroxyl groups is 2. The van der Waals surface area contributed by atoms with Gasteiger partial charge in [-0.2, -0.15) is 40.6 Å². The third-order valence-corrected chi connectivity index (χ3v) is 10.7. The van der Waals surface area contributed by atoms with Gasteiger partial charge >= 0.3 is 118 Å². The second-order valence-corrected chi connectivity index (χ2v) is 16.8. The van der Waals surface area contributed by atoms with Crippen LogP contribution in [0.1, 0.15) is 11.3 Å². The summed E-state index contributed by atoms with van der Waals surface area (Å²) in [4.78, 5) is 24.2. The van der Waals surface area contributed by atoms with Gasteiger partial charge in [-0.1, -0.05) is 35.5 Å². The van der Waals surface area contributed by atoms with Crippen LogP contribution >= 0.6 is 11.6 Å². The molecule has 1 aromatic heterocycles. The summed E-state index contributed by atoms with van der Waals surface area (Å²) in [6, 6.07) is 20.7. The molecule has 0 fully saturated rings. The number of aromatic amines is 1. The van der Waals surface area contributed by atoms with Crippen LogP contribution in [0.2, 0.25) is 5.02 Å². The molecule has 0 bridgehead atoms. The largest absolute Gasteiger partial charge is 1.00 e. The first-order valence-corrected chi connectivity index (χ1v) is 21.3. The Labute approximate surface area is 484 Å². The first-order chi connectivity index (χ1) is 28.9. The number of phenolic OH excluding ortho intramolecular Hbond substituents is 2. The molecule has 0 saturated heterocycles. The van der Waals surface area contributed by atoms with Crippen molar-refractivity contribution in [3.8, 4) is 22.9 Å². The third kappa shape index (κ3) is 17.3. The minimum atomic E-state index is -5.03. The fraction of sp³-hybridized carbons (Fsp3) is 0.0286. The van der Waals surface area contributed by atoms with Crippen molar-refractivity contribution in [1.82, 2.24) is 9.78 Å². The van der Waals surface area contributed by atoms with Crippen LogP contribution in [0, 0.1) is 17.0 Å². The number of rotatable bonds is 11. The summed E-state index contributed by atoms with van der Waals surface area (Å²) in [5, 5.41) is 61.0. The molecule has 0 spiro atoms. The Morgan fingerprint density at radius 3 is 1.84 bits per heavy atom. The van der Waals surface area contributed by atoms with E-state index in [0.29, 0.717) is 17.8 Å². The fourth-order valence-corrected chi connectivity index (χ4v) is 6.96. The van der Waals surface area contributed by atoms with Crippen LogP contribution in [0.3, 0.4) is 0 Å². The molecule has 6 rings (SSSR count). The number of aromatic nitrogens is 2. The summed E-state index contributed by atoms with van der Waals surface area (Å²) < 4.78 is 96.0. The smallest absolute Gasteiger partial charge is 0.870 e. The minimum Gasteiger partial charge on any atom is -0.870 e. The molecule has 0 aliphatic heterocycles. The third-order valence-electron chi connectivity index (χ3n) is 7.89. The van der Waals surface area contributed by atoms with Gasteiger partial charge in [0.1, 0.15) is 16.3 Å². The monoisotopic (exact) mass is 1070 g/mol. The van der Waals surface area contributed by atoms with Gasteiger partial charge < -0.3 is 15.3 Å². The molecule has 328 valence electrons. The van der Waals surface area contributed by atoms with E-state index in [-0.39, 0.29) is 185 Å². The molecule has 67 heavy (non-hydrogen) atoms. The van der Waals surface area contributed by atoms with Crippen molar-refractivity contribution >= 4 is 82.3 Å². The maximum absolute atomic E-state index is 12.6. The van der Waals surface area contributed by atoms with E-state index in [1.807, 2.05) is 0 Å². The van der Waals surface area contributed by atoms with Crippen LogP contribution in [0.25, 0.3) is 5.69 Å². The topological polar surface area (TPSA) is 369 Å². The number of benzene rings is 5. The normalized spacial score (nSPS) is 11.3. The number of nitrogens with one attached hydrogen (secondary N) is 1. The van der Waals surface area contributed by atoms with Crippen molar-refractivity contribution in [2.75, 3.05) is 0 Å². The van der Waals surface area contributed by atoms with Crippen molar-refractivity contribution in [3.05, 3.63) is 134 Å². The molecule has 0 radical (unpaired) electrons. The van der Waals surface area contributed by atoms with E-state index in [1.54, 1.807) is 30.3 Å². The molecule has 32 heteroatoms. The maximum atomic E-state index is 12.6. The predicted molar refractivity (Wildman–Crippen MR) is 216 cm³/mol. The van der Waals surface area contributed by atoms with E-state index in [1.165, 1.54) is 41.9 Å². The van der Waals surface area contributed by atoms with Crippen molar-refractivity contribution in [2.45, 2.75) is 21.6 Å². The quantitative estimate of drug-likeness (QED) is 0.0176.